The first-order valence-electron chi connectivity index (χ1n) is 10.8. The summed E-state index contributed by atoms with van der Waals surface area (Å²) in [5, 5.41) is 25.9. The molecule has 2 amide bonds. The number of hydrogen-bond donors (Lipinski definition) is 4. The van der Waals surface area contributed by atoms with Crippen LogP contribution in [0.1, 0.15) is 30.9 Å². The summed E-state index contributed by atoms with van der Waals surface area (Å²) < 4.78 is 0. The van der Waals surface area contributed by atoms with Crippen molar-refractivity contribution in [3.05, 3.63) is 84.4 Å². The van der Waals surface area contributed by atoms with E-state index in [1.807, 2.05) is 78.9 Å². The fourth-order valence-corrected chi connectivity index (χ4v) is 4.39. The van der Waals surface area contributed by atoms with Crippen molar-refractivity contribution in [1.82, 2.24) is 0 Å². The van der Waals surface area contributed by atoms with E-state index in [1.54, 1.807) is 0 Å². The summed E-state index contributed by atoms with van der Waals surface area (Å²) in [6.45, 7) is 0.142. The standard InChI is InChI=1S/C26H28N2O3/c29-17-21-5-4-8-24(21)25(30)20-11-9-18(10-12-20)19-13-15-23(16-14-19)28-26(31)27-22-6-2-1-3-7-22/h1-3,6-7,9-16,21,24-25,29-30H,4-5,8,17H2,(H2,27,28,31)/t21-,24+,25?/m0/s1. The predicted molar refractivity (Wildman–Crippen MR) is 124 cm³/mol. The Morgan fingerprint density at radius 1 is 0.839 bits per heavy atom. The summed E-state index contributed by atoms with van der Waals surface area (Å²) in [7, 11) is 0. The van der Waals surface area contributed by atoms with E-state index in [9.17, 15) is 15.0 Å². The molecular formula is C26H28N2O3. The number of carbonyl (C=O) groups is 1. The quantitative estimate of drug-likeness (QED) is 0.432. The Bertz CT molecular complexity index is 987. The zero-order chi connectivity index (χ0) is 21.6. The van der Waals surface area contributed by atoms with Gasteiger partial charge in [-0.25, -0.2) is 4.79 Å². The van der Waals surface area contributed by atoms with E-state index in [2.05, 4.69) is 10.6 Å². The van der Waals surface area contributed by atoms with Gasteiger partial charge in [0.15, 0.2) is 0 Å². The van der Waals surface area contributed by atoms with Crippen LogP contribution in [-0.4, -0.2) is 22.9 Å². The third kappa shape index (κ3) is 5.13. The molecule has 3 aromatic carbocycles. The minimum Gasteiger partial charge on any atom is -0.396 e. The van der Waals surface area contributed by atoms with E-state index < -0.39 is 6.10 Å². The van der Waals surface area contributed by atoms with E-state index in [4.69, 9.17) is 0 Å². The highest BCUT2D eigenvalue weighted by molar-refractivity contribution is 5.99. The maximum atomic E-state index is 12.1. The highest BCUT2D eigenvalue weighted by atomic mass is 16.3. The first-order valence-corrected chi connectivity index (χ1v) is 10.8. The molecule has 1 aliphatic carbocycles. The average Bonchev–Trinajstić information content (AvgIpc) is 3.29. The molecule has 31 heavy (non-hydrogen) atoms. The third-order valence-corrected chi connectivity index (χ3v) is 6.12. The highest BCUT2D eigenvalue weighted by Gasteiger charge is 2.32. The second-order valence-corrected chi connectivity index (χ2v) is 8.13. The number of hydrogen-bond acceptors (Lipinski definition) is 3. The van der Waals surface area contributed by atoms with Gasteiger partial charge in [-0.05, 0) is 65.6 Å². The van der Waals surface area contributed by atoms with Crippen LogP contribution < -0.4 is 10.6 Å². The molecule has 1 fully saturated rings. The first-order chi connectivity index (χ1) is 15.1. The molecule has 0 aromatic heterocycles. The molecule has 4 N–H and O–H groups in total. The monoisotopic (exact) mass is 416 g/mol. The molecule has 0 bridgehead atoms. The number of aliphatic hydroxyl groups is 2. The van der Waals surface area contributed by atoms with Crippen molar-refractivity contribution in [2.24, 2.45) is 11.8 Å². The molecule has 0 spiro atoms. The second-order valence-electron chi connectivity index (χ2n) is 8.13. The van der Waals surface area contributed by atoms with Gasteiger partial charge in [-0.2, -0.15) is 0 Å². The molecule has 1 aliphatic rings. The Balaban J connectivity index is 1.38. The van der Waals surface area contributed by atoms with Crippen LogP contribution in [-0.2, 0) is 0 Å². The summed E-state index contributed by atoms with van der Waals surface area (Å²) in [6.07, 6.45) is 2.47. The lowest BCUT2D eigenvalue weighted by Gasteiger charge is -2.24. The fourth-order valence-electron chi connectivity index (χ4n) is 4.39. The lowest BCUT2D eigenvalue weighted by atomic mass is 9.87. The van der Waals surface area contributed by atoms with Gasteiger partial charge < -0.3 is 20.8 Å². The predicted octanol–water partition coefficient (Wildman–Crippen LogP) is 5.44. The van der Waals surface area contributed by atoms with E-state index in [0.29, 0.717) is 5.69 Å². The molecule has 0 saturated heterocycles. The number of benzene rings is 3. The number of anilines is 2. The van der Waals surface area contributed by atoms with E-state index in [1.165, 1.54) is 0 Å². The van der Waals surface area contributed by atoms with Gasteiger partial charge in [0, 0.05) is 18.0 Å². The van der Waals surface area contributed by atoms with Crippen molar-refractivity contribution in [2.75, 3.05) is 17.2 Å². The van der Waals surface area contributed by atoms with Crippen LogP contribution in [0.15, 0.2) is 78.9 Å². The summed E-state index contributed by atoms with van der Waals surface area (Å²) in [5.41, 5.74) is 4.41. The molecule has 5 heteroatoms. The Labute approximate surface area is 182 Å². The molecule has 1 unspecified atom stereocenters. The molecule has 0 radical (unpaired) electrons. The van der Waals surface area contributed by atoms with Gasteiger partial charge >= 0.3 is 6.03 Å². The summed E-state index contributed by atoms with van der Waals surface area (Å²) in [5.74, 6) is 0.317. The lowest BCUT2D eigenvalue weighted by molar-refractivity contribution is 0.0636. The van der Waals surface area contributed by atoms with Crippen molar-refractivity contribution in [3.8, 4) is 11.1 Å². The normalized spacial score (nSPS) is 19.0. The molecule has 0 aliphatic heterocycles. The molecule has 3 aromatic rings. The summed E-state index contributed by atoms with van der Waals surface area (Å²) in [4.78, 5) is 12.1. The van der Waals surface area contributed by atoms with Crippen LogP contribution in [0.5, 0.6) is 0 Å². The van der Waals surface area contributed by atoms with Crippen LogP contribution >= 0.6 is 0 Å². The van der Waals surface area contributed by atoms with Crippen LogP contribution in [0.4, 0.5) is 16.2 Å². The largest absolute Gasteiger partial charge is 0.396 e. The van der Waals surface area contributed by atoms with Crippen molar-refractivity contribution >= 4 is 17.4 Å². The van der Waals surface area contributed by atoms with Gasteiger partial charge in [0.25, 0.3) is 0 Å². The van der Waals surface area contributed by atoms with Crippen molar-refractivity contribution in [1.29, 1.82) is 0 Å². The SMILES string of the molecule is O=C(Nc1ccccc1)Nc1ccc(-c2ccc(C(O)[C@@H]3CCC[C@H]3CO)cc2)cc1. The minimum atomic E-state index is -0.539. The third-order valence-electron chi connectivity index (χ3n) is 6.12. The molecule has 5 nitrogen and oxygen atoms in total. The van der Waals surface area contributed by atoms with Gasteiger partial charge in [-0.15, -0.1) is 0 Å². The number of aliphatic hydroxyl groups excluding tert-OH is 2. The maximum Gasteiger partial charge on any atom is 0.323 e. The smallest absolute Gasteiger partial charge is 0.323 e. The number of para-hydroxylation sites is 1. The first kappa shape index (κ1) is 21.1. The van der Waals surface area contributed by atoms with Crippen molar-refractivity contribution in [2.45, 2.75) is 25.4 Å². The van der Waals surface area contributed by atoms with E-state index >= 15 is 0 Å². The molecular weight excluding hydrogens is 388 g/mol. The van der Waals surface area contributed by atoms with Gasteiger partial charge in [-0.3, -0.25) is 0 Å². The van der Waals surface area contributed by atoms with E-state index in [-0.39, 0.29) is 24.5 Å². The van der Waals surface area contributed by atoms with Gasteiger partial charge in [0.2, 0.25) is 0 Å². The van der Waals surface area contributed by atoms with Crippen LogP contribution in [0.25, 0.3) is 11.1 Å². The van der Waals surface area contributed by atoms with Gasteiger partial charge in [0.1, 0.15) is 0 Å². The maximum absolute atomic E-state index is 12.1. The van der Waals surface area contributed by atoms with Crippen molar-refractivity contribution in [3.63, 3.8) is 0 Å². The van der Waals surface area contributed by atoms with Crippen molar-refractivity contribution < 1.29 is 15.0 Å². The number of nitrogens with one attached hydrogen (secondary N) is 2. The Morgan fingerprint density at radius 3 is 2.03 bits per heavy atom. The molecule has 0 heterocycles. The molecule has 3 atom stereocenters. The van der Waals surface area contributed by atoms with E-state index in [0.717, 1.165) is 41.6 Å². The molecule has 160 valence electrons. The molecule has 4 rings (SSSR count). The summed E-state index contributed by atoms with van der Waals surface area (Å²) in [6, 6.07) is 24.6. The zero-order valence-corrected chi connectivity index (χ0v) is 17.4. The molecule has 1 saturated carbocycles. The minimum absolute atomic E-state index is 0.128. The highest BCUT2D eigenvalue weighted by Crippen LogP contribution is 2.40. The Hall–Kier alpha value is -3.15. The zero-order valence-electron chi connectivity index (χ0n) is 17.4. The summed E-state index contributed by atoms with van der Waals surface area (Å²) >= 11 is 0. The van der Waals surface area contributed by atoms with Gasteiger partial charge in [0.05, 0.1) is 6.10 Å². The Morgan fingerprint density at radius 2 is 1.42 bits per heavy atom. The van der Waals surface area contributed by atoms with Crippen LogP contribution in [0, 0.1) is 11.8 Å². The number of carbonyl (C=O) groups excluding carboxylic acids is 1. The topological polar surface area (TPSA) is 81.6 Å². The van der Waals surface area contributed by atoms with Crippen LogP contribution in [0.3, 0.4) is 0 Å². The number of amides is 2. The average molecular weight is 417 g/mol. The van der Waals surface area contributed by atoms with Gasteiger partial charge in [-0.1, -0.05) is 61.0 Å². The number of urea groups is 1. The fraction of sp³-hybridized carbons (Fsp3) is 0.269. The lowest BCUT2D eigenvalue weighted by Crippen LogP contribution is -2.19. The van der Waals surface area contributed by atoms with Crippen LogP contribution in [0.2, 0.25) is 0 Å². The second kappa shape index (κ2) is 9.77. The Kier molecular flexibility index (Phi) is 6.65. The number of rotatable bonds is 6.